The van der Waals surface area contributed by atoms with Gasteiger partial charge >= 0.3 is 0 Å². The number of rotatable bonds is 5. The highest BCUT2D eigenvalue weighted by molar-refractivity contribution is 7.92. The van der Waals surface area contributed by atoms with Crippen molar-refractivity contribution in [3.63, 3.8) is 0 Å². The van der Waals surface area contributed by atoms with E-state index in [-0.39, 0.29) is 18.0 Å². The van der Waals surface area contributed by atoms with Gasteiger partial charge in [0.2, 0.25) is 10.0 Å². The minimum Gasteiger partial charge on any atom is -0.347 e. The van der Waals surface area contributed by atoms with Crippen molar-refractivity contribution < 1.29 is 13.2 Å². The van der Waals surface area contributed by atoms with Gasteiger partial charge in [-0.25, -0.2) is 8.42 Å². The summed E-state index contributed by atoms with van der Waals surface area (Å²) in [5, 5.41) is 3.38. The number of nitrogens with one attached hydrogen (secondary N) is 1. The predicted octanol–water partition coefficient (Wildman–Crippen LogP) is 3.83. The topological polar surface area (TPSA) is 66.5 Å². The Kier molecular flexibility index (Phi) is 5.98. The van der Waals surface area contributed by atoms with E-state index in [1.807, 2.05) is 26.8 Å². The molecule has 1 amide bonds. The molecule has 2 aromatic rings. The molecule has 0 heterocycles. The number of carbonyl (C=O) groups is 1. The zero-order chi connectivity index (χ0) is 19.5. The smallest absolute Gasteiger partial charge is 0.251 e. The van der Waals surface area contributed by atoms with E-state index in [0.717, 1.165) is 6.26 Å². The lowest BCUT2D eigenvalue weighted by atomic mass is 10.1. The van der Waals surface area contributed by atoms with Gasteiger partial charge in [0, 0.05) is 16.1 Å². The summed E-state index contributed by atoms with van der Waals surface area (Å²) in [4.78, 5) is 12.2. The van der Waals surface area contributed by atoms with Gasteiger partial charge in [-0.3, -0.25) is 9.10 Å². The molecule has 2 aromatic carbocycles. The third-order valence-corrected chi connectivity index (χ3v) is 5.09. The van der Waals surface area contributed by atoms with Crippen LogP contribution in [0.2, 0.25) is 5.02 Å². The fourth-order valence-corrected chi connectivity index (χ4v) is 3.45. The number of anilines is 1. The number of nitrogens with zero attached hydrogens (tertiary/aromatic N) is 1. The molecule has 0 aliphatic heterocycles. The zero-order valence-electron chi connectivity index (χ0n) is 15.3. The molecule has 0 aromatic heterocycles. The van der Waals surface area contributed by atoms with E-state index in [9.17, 15) is 13.2 Å². The van der Waals surface area contributed by atoms with Gasteiger partial charge < -0.3 is 5.32 Å². The molecular weight excluding hydrogens is 372 g/mol. The van der Waals surface area contributed by atoms with Crippen molar-refractivity contribution in [2.24, 2.45) is 0 Å². The second-order valence-electron chi connectivity index (χ2n) is 7.11. The van der Waals surface area contributed by atoms with Crippen LogP contribution < -0.4 is 9.62 Å². The van der Waals surface area contributed by atoms with Gasteiger partial charge in [0.05, 0.1) is 18.5 Å². The fraction of sp³-hybridized carbons (Fsp3) is 0.316. The number of sulfonamides is 1. The lowest BCUT2D eigenvalue weighted by Crippen LogP contribution is -2.40. The van der Waals surface area contributed by atoms with Crippen molar-refractivity contribution in [3.8, 4) is 0 Å². The zero-order valence-corrected chi connectivity index (χ0v) is 16.9. The van der Waals surface area contributed by atoms with Crippen LogP contribution in [0.25, 0.3) is 0 Å². The standard InChI is InChI=1S/C19H23ClN2O3S/c1-19(2,3)21-18(23)14-9-11-16(12-10-14)22(26(4,24)25)13-15-7-5-6-8-17(15)20/h5-12H,13H2,1-4H3,(H,21,23). The van der Waals surface area contributed by atoms with Crippen LogP contribution in [0, 0.1) is 0 Å². The summed E-state index contributed by atoms with van der Waals surface area (Å²) in [6, 6.07) is 13.6. The summed E-state index contributed by atoms with van der Waals surface area (Å²) in [5.41, 5.74) is 1.29. The van der Waals surface area contributed by atoms with Gasteiger partial charge in [-0.15, -0.1) is 0 Å². The van der Waals surface area contributed by atoms with Gasteiger partial charge in [0.25, 0.3) is 5.91 Å². The monoisotopic (exact) mass is 394 g/mol. The Morgan fingerprint density at radius 2 is 1.65 bits per heavy atom. The third kappa shape index (κ3) is 5.47. The summed E-state index contributed by atoms with van der Waals surface area (Å²) >= 11 is 6.16. The number of carbonyl (C=O) groups excluding carboxylic acids is 1. The van der Waals surface area contributed by atoms with Crippen LogP contribution in [0.4, 0.5) is 5.69 Å². The maximum atomic E-state index is 12.3. The summed E-state index contributed by atoms with van der Waals surface area (Å²) in [6.07, 6.45) is 1.14. The number of halogens is 1. The average Bonchev–Trinajstić information content (AvgIpc) is 2.51. The molecule has 0 saturated carbocycles. The molecular formula is C19H23ClN2O3S. The first kappa shape index (κ1) is 20.3. The molecule has 0 saturated heterocycles. The minimum absolute atomic E-state index is 0.117. The maximum absolute atomic E-state index is 12.3. The molecule has 26 heavy (non-hydrogen) atoms. The summed E-state index contributed by atoms with van der Waals surface area (Å²) in [6.45, 7) is 5.81. The van der Waals surface area contributed by atoms with E-state index >= 15 is 0 Å². The lowest BCUT2D eigenvalue weighted by Gasteiger charge is -2.24. The molecule has 0 unspecified atom stereocenters. The van der Waals surface area contributed by atoms with Gasteiger partial charge in [-0.1, -0.05) is 29.8 Å². The molecule has 0 atom stereocenters. The number of hydrogen-bond donors (Lipinski definition) is 1. The molecule has 1 N–H and O–H groups in total. The fourth-order valence-electron chi connectivity index (χ4n) is 2.37. The van der Waals surface area contributed by atoms with Crippen LogP contribution in [-0.2, 0) is 16.6 Å². The first-order valence-corrected chi connectivity index (χ1v) is 10.3. The van der Waals surface area contributed by atoms with E-state index in [2.05, 4.69) is 5.32 Å². The third-order valence-electron chi connectivity index (χ3n) is 3.58. The number of hydrogen-bond acceptors (Lipinski definition) is 3. The largest absolute Gasteiger partial charge is 0.347 e. The van der Waals surface area contributed by atoms with Crippen LogP contribution in [-0.4, -0.2) is 26.1 Å². The summed E-state index contributed by atoms with van der Waals surface area (Å²) < 4.78 is 25.8. The molecule has 2 rings (SSSR count). The Hall–Kier alpha value is -2.05. The second-order valence-corrected chi connectivity index (χ2v) is 9.43. The highest BCUT2D eigenvalue weighted by Crippen LogP contribution is 2.24. The summed E-state index contributed by atoms with van der Waals surface area (Å²) in [7, 11) is -3.52. The van der Waals surface area contributed by atoms with Crippen LogP contribution in [0.5, 0.6) is 0 Å². The molecule has 0 radical (unpaired) electrons. The summed E-state index contributed by atoms with van der Waals surface area (Å²) in [5.74, 6) is -0.207. The highest BCUT2D eigenvalue weighted by Gasteiger charge is 2.20. The van der Waals surface area contributed by atoms with Crippen LogP contribution in [0.1, 0.15) is 36.7 Å². The number of amides is 1. The van der Waals surface area contributed by atoms with Gasteiger partial charge in [-0.2, -0.15) is 0 Å². The van der Waals surface area contributed by atoms with Crippen LogP contribution in [0.3, 0.4) is 0 Å². The maximum Gasteiger partial charge on any atom is 0.251 e. The Bertz CT molecular complexity index is 888. The SMILES string of the molecule is CC(C)(C)NC(=O)c1ccc(N(Cc2ccccc2Cl)S(C)(=O)=O)cc1. The Balaban J connectivity index is 2.30. The first-order chi connectivity index (χ1) is 12.0. The van der Waals surface area contributed by atoms with E-state index < -0.39 is 10.0 Å². The van der Waals surface area contributed by atoms with Crippen molar-refractivity contribution >= 4 is 33.2 Å². The van der Waals surface area contributed by atoms with E-state index in [0.29, 0.717) is 21.8 Å². The molecule has 7 heteroatoms. The molecule has 0 aliphatic carbocycles. The Labute approximate surface area is 160 Å². The average molecular weight is 395 g/mol. The van der Waals surface area contributed by atoms with Gasteiger partial charge in [0.1, 0.15) is 0 Å². The predicted molar refractivity (Wildman–Crippen MR) is 106 cm³/mol. The van der Waals surface area contributed by atoms with Crippen molar-refractivity contribution in [3.05, 3.63) is 64.7 Å². The normalized spacial score (nSPS) is 11.9. The van der Waals surface area contributed by atoms with Gasteiger partial charge in [-0.05, 0) is 56.7 Å². The molecule has 0 bridgehead atoms. The molecule has 0 fully saturated rings. The van der Waals surface area contributed by atoms with E-state index in [1.165, 1.54) is 4.31 Å². The van der Waals surface area contributed by atoms with Crippen LogP contribution >= 0.6 is 11.6 Å². The van der Waals surface area contributed by atoms with Crippen molar-refractivity contribution in [2.45, 2.75) is 32.9 Å². The lowest BCUT2D eigenvalue weighted by molar-refractivity contribution is 0.0919. The highest BCUT2D eigenvalue weighted by atomic mass is 35.5. The minimum atomic E-state index is -3.52. The van der Waals surface area contributed by atoms with E-state index in [4.69, 9.17) is 11.6 Å². The van der Waals surface area contributed by atoms with Crippen molar-refractivity contribution in [2.75, 3.05) is 10.6 Å². The second kappa shape index (κ2) is 7.68. The number of benzene rings is 2. The molecule has 0 aliphatic rings. The van der Waals surface area contributed by atoms with Crippen molar-refractivity contribution in [1.29, 1.82) is 0 Å². The first-order valence-electron chi connectivity index (χ1n) is 8.11. The quantitative estimate of drug-likeness (QED) is 0.837. The molecule has 5 nitrogen and oxygen atoms in total. The van der Waals surface area contributed by atoms with E-state index in [1.54, 1.807) is 42.5 Å². The Morgan fingerprint density at radius 3 is 2.15 bits per heavy atom. The molecule has 0 spiro atoms. The van der Waals surface area contributed by atoms with Crippen molar-refractivity contribution in [1.82, 2.24) is 5.32 Å². The molecule has 140 valence electrons. The Morgan fingerprint density at radius 1 is 1.08 bits per heavy atom. The van der Waals surface area contributed by atoms with Gasteiger partial charge in [0.15, 0.2) is 0 Å². The van der Waals surface area contributed by atoms with Crippen LogP contribution in [0.15, 0.2) is 48.5 Å².